The van der Waals surface area contributed by atoms with E-state index in [4.69, 9.17) is 4.74 Å². The second-order valence-corrected chi connectivity index (χ2v) is 6.47. The highest BCUT2D eigenvalue weighted by Crippen LogP contribution is 2.16. The molecule has 0 aromatic heterocycles. The standard InChI is InChI=1S/C13H22N2O3S/c1-5-19(16,17)15-13-8-6-12(7-9-13)14-10(2)11(3)18-4/h6-11,14-15H,5H2,1-4H3. The highest BCUT2D eigenvalue weighted by Gasteiger charge is 2.11. The molecule has 0 aliphatic carbocycles. The van der Waals surface area contributed by atoms with Crippen molar-refractivity contribution in [1.29, 1.82) is 0 Å². The molecule has 0 heterocycles. The highest BCUT2D eigenvalue weighted by atomic mass is 32.2. The summed E-state index contributed by atoms with van der Waals surface area (Å²) in [5, 5.41) is 3.29. The van der Waals surface area contributed by atoms with Crippen molar-refractivity contribution in [2.75, 3.05) is 22.9 Å². The van der Waals surface area contributed by atoms with Crippen LogP contribution < -0.4 is 10.0 Å². The molecule has 1 aromatic carbocycles. The summed E-state index contributed by atoms with van der Waals surface area (Å²) in [4.78, 5) is 0. The van der Waals surface area contributed by atoms with E-state index in [2.05, 4.69) is 10.0 Å². The van der Waals surface area contributed by atoms with Gasteiger partial charge in [-0.1, -0.05) is 0 Å². The fraction of sp³-hybridized carbons (Fsp3) is 0.538. The van der Waals surface area contributed by atoms with Crippen molar-refractivity contribution in [3.8, 4) is 0 Å². The molecule has 0 aliphatic rings. The predicted octanol–water partition coefficient (Wildman–Crippen LogP) is 2.28. The van der Waals surface area contributed by atoms with Gasteiger partial charge in [-0.15, -0.1) is 0 Å². The third-order valence-corrected chi connectivity index (χ3v) is 4.32. The van der Waals surface area contributed by atoms with Crippen molar-refractivity contribution in [1.82, 2.24) is 0 Å². The van der Waals surface area contributed by atoms with Gasteiger partial charge in [0.25, 0.3) is 0 Å². The molecule has 6 heteroatoms. The Labute approximate surface area is 115 Å². The van der Waals surface area contributed by atoms with Crippen molar-refractivity contribution in [3.63, 3.8) is 0 Å². The number of methoxy groups -OCH3 is 1. The fourth-order valence-corrected chi connectivity index (χ4v) is 2.11. The maximum absolute atomic E-state index is 11.4. The molecule has 2 unspecified atom stereocenters. The second-order valence-electron chi connectivity index (χ2n) is 4.46. The lowest BCUT2D eigenvalue weighted by molar-refractivity contribution is 0.106. The maximum Gasteiger partial charge on any atom is 0.232 e. The molecule has 1 aromatic rings. The lowest BCUT2D eigenvalue weighted by atomic mass is 10.2. The zero-order valence-corrected chi connectivity index (χ0v) is 12.6. The predicted molar refractivity (Wildman–Crippen MR) is 79.1 cm³/mol. The van der Waals surface area contributed by atoms with Crippen LogP contribution in [0.25, 0.3) is 0 Å². The van der Waals surface area contributed by atoms with E-state index in [0.29, 0.717) is 5.69 Å². The summed E-state index contributed by atoms with van der Waals surface area (Å²) in [7, 11) is -1.54. The normalized spacial score (nSPS) is 14.7. The van der Waals surface area contributed by atoms with E-state index in [1.165, 1.54) is 0 Å². The van der Waals surface area contributed by atoms with Crippen molar-refractivity contribution in [2.45, 2.75) is 32.9 Å². The van der Waals surface area contributed by atoms with Crippen LogP contribution >= 0.6 is 0 Å². The van der Waals surface area contributed by atoms with Crippen LogP contribution in [0.4, 0.5) is 11.4 Å². The molecule has 0 saturated carbocycles. The van der Waals surface area contributed by atoms with Crippen LogP contribution in [0, 0.1) is 0 Å². The minimum absolute atomic E-state index is 0.0649. The molecule has 2 N–H and O–H groups in total. The monoisotopic (exact) mass is 286 g/mol. The zero-order valence-electron chi connectivity index (χ0n) is 11.8. The third kappa shape index (κ3) is 5.08. The van der Waals surface area contributed by atoms with Crippen molar-refractivity contribution >= 4 is 21.4 Å². The molecular weight excluding hydrogens is 264 g/mol. The van der Waals surface area contributed by atoms with Gasteiger partial charge in [0, 0.05) is 24.5 Å². The first-order valence-corrected chi connectivity index (χ1v) is 7.93. The molecule has 19 heavy (non-hydrogen) atoms. The van der Waals surface area contributed by atoms with E-state index < -0.39 is 10.0 Å². The average Bonchev–Trinajstić information content (AvgIpc) is 2.39. The SMILES string of the molecule is CCS(=O)(=O)Nc1ccc(NC(C)C(C)OC)cc1. The Morgan fingerprint density at radius 2 is 1.68 bits per heavy atom. The van der Waals surface area contributed by atoms with E-state index in [1.807, 2.05) is 26.0 Å². The largest absolute Gasteiger partial charge is 0.380 e. The lowest BCUT2D eigenvalue weighted by Gasteiger charge is -2.21. The maximum atomic E-state index is 11.4. The van der Waals surface area contributed by atoms with Crippen molar-refractivity contribution in [2.24, 2.45) is 0 Å². The van der Waals surface area contributed by atoms with Gasteiger partial charge in [-0.2, -0.15) is 0 Å². The van der Waals surface area contributed by atoms with Gasteiger partial charge in [0.2, 0.25) is 10.0 Å². The highest BCUT2D eigenvalue weighted by molar-refractivity contribution is 7.92. The molecule has 5 nitrogen and oxygen atoms in total. The number of rotatable bonds is 7. The van der Waals surface area contributed by atoms with Gasteiger partial charge >= 0.3 is 0 Å². The summed E-state index contributed by atoms with van der Waals surface area (Å²) in [6.07, 6.45) is 0.0956. The second kappa shape index (κ2) is 6.77. The van der Waals surface area contributed by atoms with Crippen LogP contribution in [-0.2, 0) is 14.8 Å². The van der Waals surface area contributed by atoms with Gasteiger partial charge in [-0.25, -0.2) is 8.42 Å². The third-order valence-electron chi connectivity index (χ3n) is 3.01. The minimum Gasteiger partial charge on any atom is -0.380 e. The number of ether oxygens (including phenoxy) is 1. The van der Waals surface area contributed by atoms with Gasteiger partial charge in [-0.3, -0.25) is 4.72 Å². The summed E-state index contributed by atoms with van der Waals surface area (Å²) < 4.78 is 30.6. The average molecular weight is 286 g/mol. The molecule has 0 radical (unpaired) electrons. The molecule has 108 valence electrons. The van der Waals surface area contributed by atoms with E-state index in [9.17, 15) is 8.42 Å². The fourth-order valence-electron chi connectivity index (χ4n) is 1.47. The Kier molecular flexibility index (Phi) is 5.62. The molecule has 0 bridgehead atoms. The van der Waals surface area contributed by atoms with Crippen molar-refractivity contribution < 1.29 is 13.2 Å². The zero-order chi connectivity index (χ0) is 14.5. The van der Waals surface area contributed by atoms with Crippen LogP contribution in [0.2, 0.25) is 0 Å². The molecular formula is C13H22N2O3S. The summed E-state index contributed by atoms with van der Waals surface area (Å²) in [6.45, 7) is 5.62. The molecule has 0 spiro atoms. The Balaban J connectivity index is 2.67. The minimum atomic E-state index is -3.22. The number of sulfonamides is 1. The quantitative estimate of drug-likeness (QED) is 0.807. The first-order valence-electron chi connectivity index (χ1n) is 6.28. The van der Waals surface area contributed by atoms with E-state index in [1.54, 1.807) is 26.2 Å². The Hall–Kier alpha value is -1.27. The Morgan fingerprint density at radius 1 is 1.16 bits per heavy atom. The summed E-state index contributed by atoms with van der Waals surface area (Å²) in [6, 6.07) is 7.32. The number of hydrogen-bond acceptors (Lipinski definition) is 4. The van der Waals surface area contributed by atoms with Crippen LogP contribution in [0.3, 0.4) is 0 Å². The molecule has 1 rings (SSSR count). The molecule has 0 aliphatic heterocycles. The first-order chi connectivity index (χ1) is 8.88. The van der Waals surface area contributed by atoms with E-state index in [0.717, 1.165) is 5.69 Å². The van der Waals surface area contributed by atoms with Gasteiger partial charge in [0.15, 0.2) is 0 Å². The number of hydrogen-bond donors (Lipinski definition) is 2. The molecule has 0 fully saturated rings. The molecule has 0 saturated heterocycles. The Morgan fingerprint density at radius 3 is 2.16 bits per heavy atom. The Bertz CT molecular complexity index is 485. The van der Waals surface area contributed by atoms with Gasteiger partial charge in [0.05, 0.1) is 11.9 Å². The van der Waals surface area contributed by atoms with Gasteiger partial charge in [-0.05, 0) is 45.0 Å². The summed E-state index contributed by atoms with van der Waals surface area (Å²) >= 11 is 0. The van der Waals surface area contributed by atoms with Gasteiger partial charge in [0.1, 0.15) is 0 Å². The first kappa shape index (κ1) is 15.8. The summed E-state index contributed by atoms with van der Waals surface area (Å²) in [5.41, 5.74) is 1.50. The molecule has 0 amide bonds. The lowest BCUT2D eigenvalue weighted by Crippen LogP contribution is -2.29. The van der Waals surface area contributed by atoms with Gasteiger partial charge < -0.3 is 10.1 Å². The topological polar surface area (TPSA) is 67.4 Å². The number of benzene rings is 1. The summed E-state index contributed by atoms with van der Waals surface area (Å²) in [5.74, 6) is 0.0649. The number of anilines is 2. The van der Waals surface area contributed by atoms with Crippen LogP contribution in [0.1, 0.15) is 20.8 Å². The number of nitrogens with one attached hydrogen (secondary N) is 2. The van der Waals surface area contributed by atoms with E-state index in [-0.39, 0.29) is 17.9 Å². The van der Waals surface area contributed by atoms with Crippen LogP contribution in [-0.4, -0.2) is 33.4 Å². The van der Waals surface area contributed by atoms with E-state index >= 15 is 0 Å². The van der Waals surface area contributed by atoms with Crippen molar-refractivity contribution in [3.05, 3.63) is 24.3 Å². The smallest absolute Gasteiger partial charge is 0.232 e. The van der Waals surface area contributed by atoms with Crippen LogP contribution in [0.15, 0.2) is 24.3 Å². The van der Waals surface area contributed by atoms with Crippen LogP contribution in [0.5, 0.6) is 0 Å². The molecule has 2 atom stereocenters.